The number of aliphatic hydroxyl groups is 1. The molecule has 0 fully saturated rings. The Kier molecular flexibility index (Phi) is 3.00. The standard InChI is InChI=1S/C8H16N4O/c1-3-12-7(10-6-11-12)8(2,4-9)5-13/h6,13H,3-5,9H2,1-2H3. The molecule has 0 aromatic carbocycles. The van der Waals surface area contributed by atoms with Gasteiger partial charge in [-0.25, -0.2) is 9.67 Å². The van der Waals surface area contributed by atoms with Gasteiger partial charge in [-0.1, -0.05) is 0 Å². The summed E-state index contributed by atoms with van der Waals surface area (Å²) in [5, 5.41) is 13.3. The third kappa shape index (κ3) is 1.71. The lowest BCUT2D eigenvalue weighted by Gasteiger charge is -2.24. The maximum Gasteiger partial charge on any atom is 0.138 e. The molecule has 0 saturated carbocycles. The van der Waals surface area contributed by atoms with Crippen LogP contribution in [0.5, 0.6) is 0 Å². The van der Waals surface area contributed by atoms with E-state index in [2.05, 4.69) is 10.1 Å². The van der Waals surface area contributed by atoms with Crippen LogP contribution in [0, 0.1) is 0 Å². The number of aryl methyl sites for hydroxylation is 1. The minimum absolute atomic E-state index is 0.0117. The Hall–Kier alpha value is -0.940. The molecule has 1 heterocycles. The summed E-state index contributed by atoms with van der Waals surface area (Å²) < 4.78 is 1.75. The molecular weight excluding hydrogens is 168 g/mol. The van der Waals surface area contributed by atoms with Crippen LogP contribution in [-0.4, -0.2) is 33.0 Å². The highest BCUT2D eigenvalue weighted by atomic mass is 16.3. The number of aliphatic hydroxyl groups excluding tert-OH is 1. The first-order valence-corrected chi connectivity index (χ1v) is 4.37. The molecule has 1 atom stereocenters. The highest BCUT2D eigenvalue weighted by Gasteiger charge is 2.29. The molecule has 0 aliphatic carbocycles. The SMILES string of the molecule is CCn1ncnc1C(C)(CN)CO. The molecule has 1 unspecified atom stereocenters. The fourth-order valence-corrected chi connectivity index (χ4v) is 1.19. The number of hydrogen-bond donors (Lipinski definition) is 2. The van der Waals surface area contributed by atoms with Gasteiger partial charge >= 0.3 is 0 Å². The minimum atomic E-state index is -0.480. The molecule has 1 aromatic heterocycles. The number of rotatable bonds is 4. The van der Waals surface area contributed by atoms with Gasteiger partial charge in [0.2, 0.25) is 0 Å². The normalized spacial score (nSPS) is 15.7. The van der Waals surface area contributed by atoms with E-state index in [-0.39, 0.29) is 6.61 Å². The van der Waals surface area contributed by atoms with Crippen molar-refractivity contribution < 1.29 is 5.11 Å². The lowest BCUT2D eigenvalue weighted by atomic mass is 9.91. The van der Waals surface area contributed by atoms with Crippen molar-refractivity contribution in [2.45, 2.75) is 25.8 Å². The molecule has 3 N–H and O–H groups in total. The van der Waals surface area contributed by atoms with E-state index in [1.165, 1.54) is 6.33 Å². The van der Waals surface area contributed by atoms with Crippen molar-refractivity contribution in [3.63, 3.8) is 0 Å². The van der Waals surface area contributed by atoms with Crippen molar-refractivity contribution in [1.82, 2.24) is 14.8 Å². The van der Waals surface area contributed by atoms with Crippen LogP contribution in [0.1, 0.15) is 19.7 Å². The lowest BCUT2D eigenvalue weighted by Crippen LogP contribution is -2.38. The quantitative estimate of drug-likeness (QED) is 0.661. The third-order valence-corrected chi connectivity index (χ3v) is 2.25. The first-order chi connectivity index (χ1) is 6.18. The van der Waals surface area contributed by atoms with E-state index in [1.54, 1.807) is 4.68 Å². The summed E-state index contributed by atoms with van der Waals surface area (Å²) >= 11 is 0. The fourth-order valence-electron chi connectivity index (χ4n) is 1.19. The molecule has 74 valence electrons. The van der Waals surface area contributed by atoms with Gasteiger partial charge in [0.1, 0.15) is 12.2 Å². The number of hydrogen-bond acceptors (Lipinski definition) is 4. The van der Waals surface area contributed by atoms with Gasteiger partial charge in [-0.05, 0) is 13.8 Å². The molecule has 0 radical (unpaired) electrons. The molecule has 5 heteroatoms. The molecule has 0 saturated heterocycles. The van der Waals surface area contributed by atoms with Gasteiger partial charge in [0.05, 0.1) is 12.0 Å². The van der Waals surface area contributed by atoms with Crippen molar-refractivity contribution in [3.05, 3.63) is 12.2 Å². The average molecular weight is 184 g/mol. The van der Waals surface area contributed by atoms with Crippen LogP contribution in [0.4, 0.5) is 0 Å². The van der Waals surface area contributed by atoms with Gasteiger partial charge in [-0.2, -0.15) is 5.10 Å². The summed E-state index contributed by atoms with van der Waals surface area (Å²) in [6.07, 6.45) is 1.49. The minimum Gasteiger partial charge on any atom is -0.395 e. The Morgan fingerprint density at radius 3 is 2.85 bits per heavy atom. The molecule has 0 aliphatic heterocycles. The van der Waals surface area contributed by atoms with Crippen LogP contribution in [-0.2, 0) is 12.0 Å². The Morgan fingerprint density at radius 1 is 1.69 bits per heavy atom. The zero-order chi connectivity index (χ0) is 9.90. The van der Waals surface area contributed by atoms with Gasteiger partial charge < -0.3 is 10.8 Å². The second-order valence-corrected chi connectivity index (χ2v) is 3.32. The zero-order valence-corrected chi connectivity index (χ0v) is 8.06. The van der Waals surface area contributed by atoms with Crippen LogP contribution >= 0.6 is 0 Å². The second-order valence-electron chi connectivity index (χ2n) is 3.32. The van der Waals surface area contributed by atoms with Crippen molar-refractivity contribution in [2.75, 3.05) is 13.2 Å². The Balaban J connectivity index is 3.03. The van der Waals surface area contributed by atoms with Crippen molar-refractivity contribution >= 4 is 0 Å². The second kappa shape index (κ2) is 3.85. The topological polar surface area (TPSA) is 77.0 Å². The first kappa shape index (κ1) is 10.1. The van der Waals surface area contributed by atoms with E-state index in [9.17, 15) is 5.11 Å². The largest absolute Gasteiger partial charge is 0.395 e. The molecular formula is C8H16N4O. The summed E-state index contributed by atoms with van der Waals surface area (Å²) in [7, 11) is 0. The first-order valence-electron chi connectivity index (χ1n) is 4.37. The molecule has 0 aliphatic rings. The molecule has 13 heavy (non-hydrogen) atoms. The molecule has 5 nitrogen and oxygen atoms in total. The van der Waals surface area contributed by atoms with E-state index in [0.29, 0.717) is 6.54 Å². The number of aromatic nitrogens is 3. The molecule has 0 bridgehead atoms. The molecule has 0 spiro atoms. The predicted molar refractivity (Wildman–Crippen MR) is 49.2 cm³/mol. The van der Waals surface area contributed by atoms with Gasteiger partial charge in [-0.15, -0.1) is 0 Å². The Morgan fingerprint density at radius 2 is 2.38 bits per heavy atom. The van der Waals surface area contributed by atoms with Gasteiger partial charge in [0.25, 0.3) is 0 Å². The summed E-state index contributed by atoms with van der Waals surface area (Å²) in [4.78, 5) is 4.11. The van der Waals surface area contributed by atoms with E-state index in [1.807, 2.05) is 13.8 Å². The summed E-state index contributed by atoms with van der Waals surface area (Å²) in [6.45, 7) is 4.95. The van der Waals surface area contributed by atoms with Crippen LogP contribution in [0.2, 0.25) is 0 Å². The Labute approximate surface area is 77.6 Å². The highest BCUT2D eigenvalue weighted by Crippen LogP contribution is 2.18. The van der Waals surface area contributed by atoms with Crippen molar-refractivity contribution in [2.24, 2.45) is 5.73 Å². The zero-order valence-electron chi connectivity index (χ0n) is 8.06. The van der Waals surface area contributed by atoms with E-state index in [0.717, 1.165) is 12.4 Å². The van der Waals surface area contributed by atoms with Crippen LogP contribution in [0.25, 0.3) is 0 Å². The predicted octanol–water partition coefficient (Wildman–Crippen LogP) is -0.493. The summed E-state index contributed by atoms with van der Waals surface area (Å²) in [6, 6.07) is 0. The third-order valence-electron chi connectivity index (χ3n) is 2.25. The summed E-state index contributed by atoms with van der Waals surface area (Å²) in [5.41, 5.74) is 5.11. The van der Waals surface area contributed by atoms with Crippen LogP contribution < -0.4 is 5.73 Å². The average Bonchev–Trinajstić information content (AvgIpc) is 2.65. The number of nitrogens with zero attached hydrogens (tertiary/aromatic N) is 3. The maximum absolute atomic E-state index is 9.22. The lowest BCUT2D eigenvalue weighted by molar-refractivity contribution is 0.198. The maximum atomic E-state index is 9.22. The molecule has 1 rings (SSSR count). The van der Waals surface area contributed by atoms with E-state index in [4.69, 9.17) is 5.73 Å². The van der Waals surface area contributed by atoms with E-state index >= 15 is 0 Å². The van der Waals surface area contributed by atoms with Gasteiger partial charge in [0.15, 0.2) is 0 Å². The number of nitrogens with two attached hydrogens (primary N) is 1. The molecule has 1 aromatic rings. The highest BCUT2D eigenvalue weighted by molar-refractivity contribution is 5.06. The van der Waals surface area contributed by atoms with Gasteiger partial charge in [0, 0.05) is 13.1 Å². The van der Waals surface area contributed by atoms with E-state index < -0.39 is 5.41 Å². The molecule has 0 amide bonds. The van der Waals surface area contributed by atoms with Crippen molar-refractivity contribution in [1.29, 1.82) is 0 Å². The van der Waals surface area contributed by atoms with Crippen LogP contribution in [0.15, 0.2) is 6.33 Å². The van der Waals surface area contributed by atoms with Crippen molar-refractivity contribution in [3.8, 4) is 0 Å². The fraction of sp³-hybridized carbons (Fsp3) is 0.750. The monoisotopic (exact) mass is 184 g/mol. The van der Waals surface area contributed by atoms with Crippen LogP contribution in [0.3, 0.4) is 0 Å². The van der Waals surface area contributed by atoms with Gasteiger partial charge in [-0.3, -0.25) is 0 Å². The summed E-state index contributed by atoms with van der Waals surface area (Å²) in [5.74, 6) is 0.750. The Bertz CT molecular complexity index is 267. The smallest absolute Gasteiger partial charge is 0.138 e.